The number of methoxy groups -OCH3 is 1. The SMILES string of the molecule is COc1ccccc1[C@H]1CC(=O)C2=C(C1)NC(C)=C(C(=O)OCc1ccccc1)C2c1cccc2[nH]ccc12.[HH].[HH]. The summed E-state index contributed by atoms with van der Waals surface area (Å²) in [5.41, 5.74) is 6.48. The van der Waals surface area contributed by atoms with E-state index in [9.17, 15) is 9.59 Å². The van der Waals surface area contributed by atoms with Crippen molar-refractivity contribution in [3.05, 3.63) is 124 Å². The molecular formula is C33H34N2O4. The number of carbonyl (C=O) groups excluding carboxylic acids is 2. The summed E-state index contributed by atoms with van der Waals surface area (Å²) in [4.78, 5) is 31.0. The van der Waals surface area contributed by atoms with Crippen molar-refractivity contribution in [3.8, 4) is 5.75 Å². The van der Waals surface area contributed by atoms with Crippen LogP contribution in [-0.4, -0.2) is 23.8 Å². The molecule has 1 unspecified atom stereocenters. The molecule has 0 amide bonds. The number of allylic oxidation sites excluding steroid dienone is 3. The van der Waals surface area contributed by atoms with E-state index in [0.717, 1.165) is 39.0 Å². The third-order valence-electron chi connectivity index (χ3n) is 7.78. The van der Waals surface area contributed by atoms with Gasteiger partial charge >= 0.3 is 5.97 Å². The second-order valence-corrected chi connectivity index (χ2v) is 10.1. The second-order valence-electron chi connectivity index (χ2n) is 10.1. The molecule has 1 aromatic heterocycles. The lowest BCUT2D eigenvalue weighted by Gasteiger charge is -2.37. The number of fused-ring (bicyclic) bond motifs is 1. The van der Waals surface area contributed by atoms with Gasteiger partial charge in [-0.2, -0.15) is 0 Å². The number of ketones is 1. The van der Waals surface area contributed by atoms with Gasteiger partial charge in [0.2, 0.25) is 0 Å². The number of rotatable bonds is 6. The molecule has 0 fully saturated rings. The second kappa shape index (κ2) is 10.3. The minimum atomic E-state index is -0.532. The predicted octanol–water partition coefficient (Wildman–Crippen LogP) is 6.77. The van der Waals surface area contributed by atoms with Crippen molar-refractivity contribution in [3.63, 3.8) is 0 Å². The Morgan fingerprint density at radius 3 is 2.54 bits per heavy atom. The summed E-state index contributed by atoms with van der Waals surface area (Å²) in [6, 6.07) is 25.4. The van der Waals surface area contributed by atoms with Gasteiger partial charge in [-0.25, -0.2) is 4.79 Å². The number of aromatic nitrogens is 1. The Hall–Kier alpha value is -4.58. The topological polar surface area (TPSA) is 80.4 Å². The third kappa shape index (κ3) is 4.52. The normalized spacial score (nSPS) is 19.1. The Morgan fingerprint density at radius 1 is 0.949 bits per heavy atom. The van der Waals surface area contributed by atoms with Crippen molar-refractivity contribution in [2.75, 3.05) is 7.11 Å². The first kappa shape index (κ1) is 24.7. The molecule has 6 rings (SSSR count). The Kier molecular flexibility index (Phi) is 6.53. The van der Waals surface area contributed by atoms with Crippen molar-refractivity contribution in [1.82, 2.24) is 10.3 Å². The van der Waals surface area contributed by atoms with E-state index in [0.29, 0.717) is 29.7 Å². The molecule has 200 valence electrons. The largest absolute Gasteiger partial charge is 0.496 e. The lowest BCUT2D eigenvalue weighted by Crippen LogP contribution is -2.36. The highest BCUT2D eigenvalue weighted by Crippen LogP contribution is 2.48. The first-order valence-corrected chi connectivity index (χ1v) is 13.2. The zero-order valence-electron chi connectivity index (χ0n) is 22.0. The summed E-state index contributed by atoms with van der Waals surface area (Å²) in [5.74, 6) is -0.176. The number of para-hydroxylation sites is 1. The van der Waals surface area contributed by atoms with Gasteiger partial charge in [-0.15, -0.1) is 0 Å². The lowest BCUT2D eigenvalue weighted by atomic mass is 9.71. The number of dihydropyridines is 1. The number of aromatic amines is 1. The maximum absolute atomic E-state index is 14.0. The van der Waals surface area contributed by atoms with E-state index in [1.807, 2.05) is 92.0 Å². The molecule has 3 aromatic carbocycles. The molecule has 2 heterocycles. The minimum absolute atomic E-state index is 0. The average molecular weight is 523 g/mol. The number of esters is 1. The van der Waals surface area contributed by atoms with E-state index >= 15 is 0 Å². The van der Waals surface area contributed by atoms with Gasteiger partial charge in [0.05, 0.1) is 12.7 Å². The fourth-order valence-corrected chi connectivity index (χ4v) is 6.01. The highest BCUT2D eigenvalue weighted by molar-refractivity contribution is 6.05. The van der Waals surface area contributed by atoms with Crippen LogP contribution in [0.25, 0.3) is 10.9 Å². The number of Topliss-reactive ketones (excluding diaryl/α,β-unsaturated/α-hetero) is 1. The molecule has 6 nitrogen and oxygen atoms in total. The highest BCUT2D eigenvalue weighted by atomic mass is 16.5. The summed E-state index contributed by atoms with van der Waals surface area (Å²) in [7, 11) is 1.65. The number of benzene rings is 3. The number of nitrogens with one attached hydrogen (secondary N) is 2. The van der Waals surface area contributed by atoms with Gasteiger partial charge in [0.25, 0.3) is 0 Å². The molecule has 2 aliphatic rings. The number of H-pyrrole nitrogens is 1. The van der Waals surface area contributed by atoms with Gasteiger partial charge in [-0.3, -0.25) is 4.79 Å². The molecule has 2 atom stereocenters. The molecule has 39 heavy (non-hydrogen) atoms. The molecule has 0 radical (unpaired) electrons. The zero-order valence-corrected chi connectivity index (χ0v) is 22.0. The predicted molar refractivity (Wildman–Crippen MR) is 154 cm³/mol. The molecule has 2 N–H and O–H groups in total. The Morgan fingerprint density at radius 2 is 1.72 bits per heavy atom. The number of hydrogen-bond acceptors (Lipinski definition) is 5. The van der Waals surface area contributed by atoms with Crippen molar-refractivity contribution < 1.29 is 21.9 Å². The molecule has 0 spiro atoms. The number of ether oxygens (including phenoxy) is 2. The van der Waals surface area contributed by atoms with Crippen LogP contribution in [0.15, 0.2) is 108 Å². The van der Waals surface area contributed by atoms with Crippen LogP contribution in [-0.2, 0) is 20.9 Å². The third-order valence-corrected chi connectivity index (χ3v) is 7.78. The monoisotopic (exact) mass is 522 g/mol. The van der Waals surface area contributed by atoms with Crippen molar-refractivity contribution in [2.45, 2.75) is 38.2 Å². The summed E-state index contributed by atoms with van der Waals surface area (Å²) in [6.45, 7) is 2.05. The summed E-state index contributed by atoms with van der Waals surface area (Å²) >= 11 is 0. The van der Waals surface area contributed by atoms with E-state index in [1.54, 1.807) is 7.11 Å². The van der Waals surface area contributed by atoms with Crippen LogP contribution < -0.4 is 10.1 Å². The Balaban J connectivity index is 0.00000194. The van der Waals surface area contributed by atoms with E-state index < -0.39 is 11.9 Å². The van der Waals surface area contributed by atoms with Crippen molar-refractivity contribution in [1.29, 1.82) is 0 Å². The molecule has 0 saturated carbocycles. The summed E-state index contributed by atoms with van der Waals surface area (Å²) < 4.78 is 11.4. The van der Waals surface area contributed by atoms with Crippen LogP contribution >= 0.6 is 0 Å². The lowest BCUT2D eigenvalue weighted by molar-refractivity contribution is -0.140. The quantitative estimate of drug-likeness (QED) is 0.273. The molecule has 1 aliphatic heterocycles. The van der Waals surface area contributed by atoms with Gasteiger partial charge in [-0.05, 0) is 48.2 Å². The zero-order chi connectivity index (χ0) is 26.9. The van der Waals surface area contributed by atoms with Gasteiger partial charge in [0.1, 0.15) is 12.4 Å². The molecule has 4 aromatic rings. The smallest absolute Gasteiger partial charge is 0.337 e. The van der Waals surface area contributed by atoms with Gasteiger partial charge in [0.15, 0.2) is 5.78 Å². The standard InChI is InChI=1S/C33H30N2O4.2H2/c1-20-30(33(37)39-19-21-9-4-3-5-10-21)31(25-12-8-13-26-24(25)15-16-34-26)32-27(35-20)17-22(18-28(32)36)23-11-6-7-14-29(23)38-2;;/h3-16,22,31,34-35H,17-19H2,1-2H3;2*1H/t22-,31?;;/m1../s1. The minimum Gasteiger partial charge on any atom is -0.496 e. The fraction of sp³-hybridized carbons (Fsp3) is 0.212. The average Bonchev–Trinajstić information content (AvgIpc) is 3.45. The summed E-state index contributed by atoms with van der Waals surface area (Å²) in [6.07, 6.45) is 2.87. The maximum Gasteiger partial charge on any atom is 0.337 e. The first-order valence-electron chi connectivity index (χ1n) is 13.2. The van der Waals surface area contributed by atoms with Crippen LogP contribution in [0.5, 0.6) is 5.75 Å². The number of hydrogen-bond donors (Lipinski definition) is 2. The van der Waals surface area contributed by atoms with Crippen molar-refractivity contribution in [2.24, 2.45) is 0 Å². The molecule has 0 bridgehead atoms. The molecule has 1 aliphatic carbocycles. The highest BCUT2D eigenvalue weighted by Gasteiger charge is 2.42. The molecule has 0 saturated heterocycles. The van der Waals surface area contributed by atoms with Crippen molar-refractivity contribution >= 4 is 22.7 Å². The Labute approximate surface area is 230 Å². The van der Waals surface area contributed by atoms with Crippen LogP contribution in [0.1, 0.15) is 51.1 Å². The molecular weight excluding hydrogens is 488 g/mol. The van der Waals surface area contributed by atoms with Gasteiger partial charge in [-0.1, -0.05) is 60.7 Å². The Bertz CT molecular complexity index is 1640. The van der Waals surface area contributed by atoms with Gasteiger partial charge < -0.3 is 19.8 Å². The summed E-state index contributed by atoms with van der Waals surface area (Å²) in [5, 5.41) is 4.43. The van der Waals surface area contributed by atoms with Crippen LogP contribution in [0.2, 0.25) is 0 Å². The fourth-order valence-electron chi connectivity index (χ4n) is 6.01. The van der Waals surface area contributed by atoms with E-state index in [1.165, 1.54) is 0 Å². The first-order chi connectivity index (χ1) is 19.0. The van der Waals surface area contributed by atoms with Crippen LogP contribution in [0.3, 0.4) is 0 Å². The number of carbonyl (C=O) groups is 2. The van der Waals surface area contributed by atoms with Gasteiger partial charge in [0, 0.05) is 55.2 Å². The van der Waals surface area contributed by atoms with Crippen LogP contribution in [0.4, 0.5) is 0 Å². The van der Waals surface area contributed by atoms with E-state index in [2.05, 4.69) is 10.3 Å². The van der Waals surface area contributed by atoms with E-state index in [4.69, 9.17) is 9.47 Å². The maximum atomic E-state index is 14.0. The molecule has 6 heteroatoms. The van der Waals surface area contributed by atoms with Crippen LogP contribution in [0, 0.1) is 0 Å². The van der Waals surface area contributed by atoms with E-state index in [-0.39, 0.29) is 21.2 Å².